The van der Waals surface area contributed by atoms with Crippen molar-refractivity contribution in [1.29, 1.82) is 0 Å². The van der Waals surface area contributed by atoms with Crippen LogP contribution in [-0.2, 0) is 13.2 Å². The summed E-state index contributed by atoms with van der Waals surface area (Å²) < 4.78 is 11.2. The number of carbonyl (C=O) groups is 1. The summed E-state index contributed by atoms with van der Waals surface area (Å²) in [5, 5.41) is 12.0. The average molecular weight is 470 g/mol. The molecular formula is C24H24ClN3O5. The zero-order valence-electron chi connectivity index (χ0n) is 18.2. The van der Waals surface area contributed by atoms with Crippen LogP contribution in [0.4, 0.5) is 5.69 Å². The first kappa shape index (κ1) is 22.8. The molecule has 33 heavy (non-hydrogen) atoms. The van der Waals surface area contributed by atoms with Crippen molar-refractivity contribution >= 4 is 23.2 Å². The number of hydrogen-bond donors (Lipinski definition) is 0. The van der Waals surface area contributed by atoms with E-state index in [1.165, 1.54) is 6.07 Å². The first-order valence-electron chi connectivity index (χ1n) is 10.6. The van der Waals surface area contributed by atoms with Gasteiger partial charge in [-0.05, 0) is 48.4 Å². The number of hydrogen-bond acceptors (Lipinski definition) is 6. The van der Waals surface area contributed by atoms with Crippen LogP contribution in [0.2, 0.25) is 5.02 Å². The second-order valence-corrected chi connectivity index (χ2v) is 8.42. The molecule has 8 nitrogen and oxygen atoms in total. The molecule has 1 amide bonds. The Morgan fingerprint density at radius 3 is 2.64 bits per heavy atom. The van der Waals surface area contributed by atoms with Gasteiger partial charge in [0.05, 0.1) is 4.92 Å². The van der Waals surface area contributed by atoms with Crippen LogP contribution >= 0.6 is 11.6 Å². The van der Waals surface area contributed by atoms with E-state index in [-0.39, 0.29) is 29.7 Å². The maximum absolute atomic E-state index is 12.8. The zero-order chi connectivity index (χ0) is 23.4. The molecule has 0 atom stereocenters. The van der Waals surface area contributed by atoms with E-state index in [9.17, 15) is 14.9 Å². The summed E-state index contributed by atoms with van der Waals surface area (Å²) >= 11 is 6.06. The Balaban J connectivity index is 1.31. The molecule has 2 aromatic carbocycles. The van der Waals surface area contributed by atoms with Crippen molar-refractivity contribution in [1.82, 2.24) is 9.80 Å². The molecule has 0 N–H and O–H groups in total. The second-order valence-electron chi connectivity index (χ2n) is 7.98. The lowest BCUT2D eigenvalue weighted by Gasteiger charge is -2.34. The number of rotatable bonds is 7. The van der Waals surface area contributed by atoms with Crippen LogP contribution < -0.4 is 4.74 Å². The molecule has 1 saturated heterocycles. The number of benzene rings is 2. The number of nitrogens with zero attached hydrogens (tertiary/aromatic N) is 3. The quantitative estimate of drug-likeness (QED) is 0.368. The summed E-state index contributed by atoms with van der Waals surface area (Å²) in [6.45, 7) is 5.26. The van der Waals surface area contributed by atoms with Gasteiger partial charge in [0, 0.05) is 43.8 Å². The molecular weight excluding hydrogens is 446 g/mol. The Hall–Kier alpha value is -3.36. The van der Waals surface area contributed by atoms with Gasteiger partial charge in [-0.2, -0.15) is 0 Å². The van der Waals surface area contributed by atoms with Crippen molar-refractivity contribution in [2.45, 2.75) is 20.1 Å². The number of nitro groups is 1. The molecule has 2 heterocycles. The van der Waals surface area contributed by atoms with Gasteiger partial charge in [-0.15, -0.1) is 0 Å². The van der Waals surface area contributed by atoms with Crippen LogP contribution in [-0.4, -0.2) is 46.8 Å². The van der Waals surface area contributed by atoms with E-state index >= 15 is 0 Å². The number of amides is 1. The van der Waals surface area contributed by atoms with Gasteiger partial charge in [-0.1, -0.05) is 29.8 Å². The number of nitro benzene ring substituents is 1. The van der Waals surface area contributed by atoms with Gasteiger partial charge in [0.25, 0.3) is 5.91 Å². The molecule has 0 radical (unpaired) electrons. The molecule has 0 aliphatic carbocycles. The third-order valence-electron chi connectivity index (χ3n) is 5.51. The third-order valence-corrected chi connectivity index (χ3v) is 5.74. The highest BCUT2D eigenvalue weighted by atomic mass is 35.5. The van der Waals surface area contributed by atoms with E-state index in [0.717, 1.165) is 35.8 Å². The molecule has 4 rings (SSSR count). The fourth-order valence-electron chi connectivity index (χ4n) is 3.77. The van der Waals surface area contributed by atoms with Crippen LogP contribution in [0.15, 0.2) is 59.0 Å². The van der Waals surface area contributed by atoms with E-state index in [0.29, 0.717) is 18.8 Å². The standard InChI is InChI=1S/C24H24ClN3O5/c1-17-5-7-22(21(13-17)28(30)31)32-16-20-6-8-23(33-20)24(29)27-11-9-26(10-12-27)15-18-3-2-4-19(25)14-18/h2-8,13-14H,9-12,15-16H2,1H3. The van der Waals surface area contributed by atoms with Crippen LogP contribution in [0.3, 0.4) is 0 Å². The van der Waals surface area contributed by atoms with Crippen LogP contribution in [0.5, 0.6) is 5.75 Å². The Kier molecular flexibility index (Phi) is 6.96. The SMILES string of the molecule is Cc1ccc(OCc2ccc(C(=O)N3CCN(Cc4cccc(Cl)c4)CC3)o2)c([N+](=O)[O-])c1. The highest BCUT2D eigenvalue weighted by molar-refractivity contribution is 6.30. The van der Waals surface area contributed by atoms with Crippen molar-refractivity contribution in [2.75, 3.05) is 26.2 Å². The summed E-state index contributed by atoms with van der Waals surface area (Å²) in [4.78, 5) is 27.6. The predicted molar refractivity (Wildman–Crippen MR) is 124 cm³/mol. The molecule has 0 spiro atoms. The summed E-state index contributed by atoms with van der Waals surface area (Å²) in [5.41, 5.74) is 1.81. The van der Waals surface area contributed by atoms with Gasteiger partial charge in [0.1, 0.15) is 12.4 Å². The summed E-state index contributed by atoms with van der Waals surface area (Å²) in [6, 6.07) is 15.8. The van der Waals surface area contributed by atoms with Crippen molar-refractivity contribution < 1.29 is 18.9 Å². The molecule has 0 unspecified atom stereocenters. The van der Waals surface area contributed by atoms with Gasteiger partial charge < -0.3 is 14.1 Å². The highest BCUT2D eigenvalue weighted by Gasteiger charge is 2.24. The Labute approximate surface area is 196 Å². The van der Waals surface area contributed by atoms with Crippen molar-refractivity contribution in [3.8, 4) is 5.75 Å². The Bertz CT molecular complexity index is 1150. The van der Waals surface area contributed by atoms with E-state index in [1.807, 2.05) is 24.3 Å². The number of ether oxygens (including phenoxy) is 1. The summed E-state index contributed by atoms with van der Waals surface area (Å²) in [6.07, 6.45) is 0. The monoisotopic (exact) mass is 469 g/mol. The zero-order valence-corrected chi connectivity index (χ0v) is 19.0. The number of furan rings is 1. The minimum Gasteiger partial charge on any atom is -0.479 e. The van der Waals surface area contributed by atoms with E-state index < -0.39 is 4.92 Å². The molecule has 9 heteroatoms. The first-order valence-corrected chi connectivity index (χ1v) is 11.0. The maximum Gasteiger partial charge on any atom is 0.311 e. The molecule has 0 saturated carbocycles. The van der Waals surface area contributed by atoms with E-state index in [2.05, 4.69) is 4.90 Å². The predicted octanol–water partition coefficient (Wildman–Crippen LogP) is 4.69. The fourth-order valence-corrected chi connectivity index (χ4v) is 3.98. The van der Waals surface area contributed by atoms with Gasteiger partial charge in [-0.3, -0.25) is 19.8 Å². The number of aryl methyl sites for hydroxylation is 1. The number of halogens is 1. The lowest BCUT2D eigenvalue weighted by molar-refractivity contribution is -0.386. The van der Waals surface area contributed by atoms with Gasteiger partial charge in [-0.25, -0.2) is 0 Å². The molecule has 1 aromatic heterocycles. The molecule has 1 fully saturated rings. The van der Waals surface area contributed by atoms with Crippen molar-refractivity contribution in [2.24, 2.45) is 0 Å². The maximum atomic E-state index is 12.8. The second kappa shape index (κ2) is 10.1. The highest BCUT2D eigenvalue weighted by Crippen LogP contribution is 2.28. The normalized spacial score (nSPS) is 14.3. The van der Waals surface area contributed by atoms with Crippen LogP contribution in [0, 0.1) is 17.0 Å². The Morgan fingerprint density at radius 2 is 1.91 bits per heavy atom. The molecule has 3 aromatic rings. The van der Waals surface area contributed by atoms with Gasteiger partial charge in [0.15, 0.2) is 11.5 Å². The lowest BCUT2D eigenvalue weighted by atomic mass is 10.2. The van der Waals surface area contributed by atoms with Crippen molar-refractivity contribution in [3.63, 3.8) is 0 Å². The Morgan fingerprint density at radius 1 is 1.12 bits per heavy atom. The summed E-state index contributed by atoms with van der Waals surface area (Å²) in [7, 11) is 0. The molecule has 172 valence electrons. The van der Waals surface area contributed by atoms with E-state index in [1.54, 1.807) is 36.1 Å². The topological polar surface area (TPSA) is 89.1 Å². The number of piperazine rings is 1. The largest absolute Gasteiger partial charge is 0.479 e. The van der Waals surface area contributed by atoms with Crippen molar-refractivity contribution in [3.05, 3.63) is 92.4 Å². The minimum atomic E-state index is -0.481. The third kappa shape index (κ3) is 5.71. The average Bonchev–Trinajstić information content (AvgIpc) is 3.27. The smallest absolute Gasteiger partial charge is 0.311 e. The van der Waals surface area contributed by atoms with E-state index in [4.69, 9.17) is 20.8 Å². The first-order chi connectivity index (χ1) is 15.9. The van der Waals surface area contributed by atoms with Gasteiger partial charge >= 0.3 is 5.69 Å². The molecule has 0 bridgehead atoms. The number of carbonyl (C=O) groups excluding carboxylic acids is 1. The lowest BCUT2D eigenvalue weighted by Crippen LogP contribution is -2.48. The molecule has 1 aliphatic rings. The van der Waals surface area contributed by atoms with Crippen LogP contribution in [0.25, 0.3) is 0 Å². The van der Waals surface area contributed by atoms with Gasteiger partial charge in [0.2, 0.25) is 0 Å². The fraction of sp³-hybridized carbons (Fsp3) is 0.292. The van der Waals surface area contributed by atoms with Crippen LogP contribution in [0.1, 0.15) is 27.4 Å². The molecule has 1 aliphatic heterocycles. The summed E-state index contributed by atoms with van der Waals surface area (Å²) in [5.74, 6) is 0.638. The minimum absolute atomic E-state index is 0.00933.